The molecule has 1 aliphatic heterocycles. The second-order valence-electron chi connectivity index (χ2n) is 8.58. The van der Waals surface area contributed by atoms with Crippen LogP contribution in [0.2, 0.25) is 0 Å². The van der Waals surface area contributed by atoms with E-state index in [2.05, 4.69) is 34.6 Å². The van der Waals surface area contributed by atoms with Gasteiger partial charge >= 0.3 is 0 Å². The van der Waals surface area contributed by atoms with Gasteiger partial charge in [0.15, 0.2) is 5.84 Å². The van der Waals surface area contributed by atoms with Gasteiger partial charge in [-0.05, 0) is 23.6 Å². The molecule has 0 aliphatic carbocycles. The first-order valence-corrected chi connectivity index (χ1v) is 11.2. The third kappa shape index (κ3) is 4.93. The minimum atomic E-state index is -0.223. The van der Waals surface area contributed by atoms with Gasteiger partial charge in [-0.2, -0.15) is 4.98 Å². The van der Waals surface area contributed by atoms with Crippen LogP contribution >= 0.6 is 0 Å². The second kappa shape index (κ2) is 9.78. The number of hydrogen-bond donors (Lipinski definition) is 3. The predicted octanol–water partition coefficient (Wildman–Crippen LogP) is 3.78. The highest BCUT2D eigenvalue weighted by Gasteiger charge is 2.38. The van der Waals surface area contributed by atoms with E-state index in [1.165, 1.54) is 5.01 Å². The normalized spacial score (nSPS) is 15.3. The maximum absolute atomic E-state index is 13.1. The van der Waals surface area contributed by atoms with E-state index in [1.807, 2.05) is 54.6 Å². The van der Waals surface area contributed by atoms with Gasteiger partial charge in [0.25, 0.3) is 5.91 Å². The van der Waals surface area contributed by atoms with Crippen LogP contribution in [0.1, 0.15) is 25.3 Å². The van der Waals surface area contributed by atoms with E-state index in [9.17, 15) is 4.79 Å². The quantitative estimate of drug-likeness (QED) is 0.440. The fourth-order valence-corrected chi connectivity index (χ4v) is 3.68. The summed E-state index contributed by atoms with van der Waals surface area (Å²) in [6, 6.07) is 17.4. The van der Waals surface area contributed by atoms with Crippen LogP contribution < -0.4 is 10.6 Å². The number of hydrazine groups is 1. The van der Waals surface area contributed by atoms with Crippen LogP contribution in [0.5, 0.6) is 0 Å². The molecule has 1 saturated heterocycles. The number of carbonyl (C=O) groups excluding carboxylic acids is 1. The summed E-state index contributed by atoms with van der Waals surface area (Å²) in [6.07, 6.45) is 0. The highest BCUT2D eigenvalue weighted by Crippen LogP contribution is 2.23. The van der Waals surface area contributed by atoms with E-state index in [4.69, 9.17) is 9.93 Å². The molecule has 0 bridgehead atoms. The Morgan fingerprint density at radius 1 is 1.12 bits per heavy atom. The Bertz CT molecular complexity index is 1200. The summed E-state index contributed by atoms with van der Waals surface area (Å²) in [5.41, 5.74) is 3.00. The molecule has 3 N–H and O–H groups in total. The average molecular weight is 460 g/mol. The summed E-state index contributed by atoms with van der Waals surface area (Å²) < 4.78 is 5.06. The lowest BCUT2D eigenvalue weighted by Gasteiger charge is -2.26. The molecule has 0 radical (unpaired) electrons. The number of rotatable bonds is 8. The summed E-state index contributed by atoms with van der Waals surface area (Å²) in [5, 5.41) is 22.5. The van der Waals surface area contributed by atoms with Crippen molar-refractivity contribution >= 4 is 17.4 Å². The van der Waals surface area contributed by atoms with Gasteiger partial charge in [0.05, 0.1) is 0 Å². The number of nitrogens with zero attached hydrogens (tertiary/aromatic N) is 4. The van der Waals surface area contributed by atoms with Crippen LogP contribution in [0.4, 0.5) is 5.69 Å². The third-order valence-electron chi connectivity index (χ3n) is 5.41. The Balaban J connectivity index is 1.59. The number of aromatic nitrogens is 2. The van der Waals surface area contributed by atoms with Crippen LogP contribution in [0, 0.1) is 18.3 Å². The molecule has 34 heavy (non-hydrogen) atoms. The monoisotopic (exact) mass is 459 g/mol. The number of likely N-dealkylation sites (N-methyl/N-ethyl adjacent to an activating group) is 1. The second-order valence-corrected chi connectivity index (χ2v) is 8.58. The van der Waals surface area contributed by atoms with Crippen LogP contribution in [-0.4, -0.2) is 45.5 Å². The largest absolute Gasteiger partial charge is 0.367 e. The molecule has 1 fully saturated rings. The van der Waals surface area contributed by atoms with Gasteiger partial charge in [-0.15, -0.1) is 0 Å². The molecule has 1 amide bonds. The lowest BCUT2D eigenvalue weighted by molar-refractivity contribution is -0.132. The van der Waals surface area contributed by atoms with Crippen LogP contribution in [-0.2, 0) is 11.3 Å². The zero-order valence-corrected chi connectivity index (χ0v) is 19.8. The molecule has 1 aromatic heterocycles. The maximum atomic E-state index is 13.1. The minimum Gasteiger partial charge on any atom is -0.367 e. The summed E-state index contributed by atoms with van der Waals surface area (Å²) in [7, 11) is 1.70. The molecule has 0 saturated carbocycles. The first kappa shape index (κ1) is 23.0. The van der Waals surface area contributed by atoms with Gasteiger partial charge in [-0.3, -0.25) is 20.2 Å². The molecule has 176 valence electrons. The molecule has 4 rings (SSSR count). The number of amides is 1. The molecule has 2 aromatic carbocycles. The van der Waals surface area contributed by atoms with Crippen molar-refractivity contribution in [2.45, 2.75) is 27.3 Å². The Morgan fingerprint density at radius 3 is 2.44 bits per heavy atom. The standard InChI is InChI=1S/C25H29N7O2/c1-16(2)15-32-22(26)21(25(33)31(32)4)24(29-20-8-6-5-7-9-20)27-14-18-10-12-19(13-11-18)23-28-17(3)34-30-23/h5-13,16,26-27,29H,14-15H2,1-4H3/b24-21-,26-22?. The smallest absolute Gasteiger partial charge is 0.279 e. The first-order chi connectivity index (χ1) is 16.3. The zero-order valence-electron chi connectivity index (χ0n) is 19.8. The van der Waals surface area contributed by atoms with Crippen LogP contribution in [0.25, 0.3) is 11.4 Å². The molecule has 3 aromatic rings. The van der Waals surface area contributed by atoms with Crippen molar-refractivity contribution in [2.24, 2.45) is 5.92 Å². The first-order valence-electron chi connectivity index (χ1n) is 11.2. The van der Waals surface area contributed by atoms with Gasteiger partial charge < -0.3 is 15.2 Å². The average Bonchev–Trinajstić information content (AvgIpc) is 3.35. The third-order valence-corrected chi connectivity index (χ3v) is 5.41. The number of benzene rings is 2. The lowest BCUT2D eigenvalue weighted by atomic mass is 10.1. The molecule has 9 heteroatoms. The zero-order chi connectivity index (χ0) is 24.2. The molecule has 0 spiro atoms. The molecular weight excluding hydrogens is 430 g/mol. The van der Waals surface area contributed by atoms with Gasteiger partial charge in [-0.25, -0.2) is 0 Å². The van der Waals surface area contributed by atoms with Gasteiger partial charge in [-0.1, -0.05) is 61.5 Å². The fraction of sp³-hybridized carbons (Fsp3) is 0.280. The summed E-state index contributed by atoms with van der Waals surface area (Å²) >= 11 is 0. The topological polar surface area (TPSA) is 110 Å². The number of amidine groups is 1. The van der Waals surface area contributed by atoms with Gasteiger partial charge in [0.2, 0.25) is 11.7 Å². The highest BCUT2D eigenvalue weighted by molar-refractivity contribution is 6.24. The summed E-state index contributed by atoms with van der Waals surface area (Å²) in [5.74, 6) is 1.81. The number of para-hydroxylation sites is 1. The molecule has 0 atom stereocenters. The Labute approximate surface area is 198 Å². The Kier molecular flexibility index (Phi) is 6.62. The molecule has 0 unspecified atom stereocenters. The van der Waals surface area contributed by atoms with Crippen molar-refractivity contribution in [1.82, 2.24) is 25.5 Å². The Hall–Kier alpha value is -4.14. The van der Waals surface area contributed by atoms with E-state index < -0.39 is 0 Å². The number of hydrogen-bond acceptors (Lipinski definition) is 7. The lowest BCUT2D eigenvalue weighted by Crippen LogP contribution is -2.39. The number of anilines is 1. The van der Waals surface area contributed by atoms with E-state index in [0.717, 1.165) is 16.8 Å². The SMILES string of the molecule is Cc1nc(-c2ccc(CN/C(Nc3ccccc3)=C3\C(=N)N(CC(C)C)N(C)C3=O)cc2)no1. The number of nitrogens with one attached hydrogen (secondary N) is 3. The van der Waals surface area contributed by atoms with E-state index in [0.29, 0.717) is 42.1 Å². The van der Waals surface area contributed by atoms with Crippen LogP contribution in [0.3, 0.4) is 0 Å². The molecule has 2 heterocycles. The summed E-state index contributed by atoms with van der Waals surface area (Å²) in [4.78, 5) is 17.4. The highest BCUT2D eigenvalue weighted by atomic mass is 16.5. The number of aryl methyl sites for hydroxylation is 1. The minimum absolute atomic E-state index is 0.176. The maximum Gasteiger partial charge on any atom is 0.279 e. The van der Waals surface area contributed by atoms with Crippen molar-refractivity contribution < 1.29 is 9.32 Å². The van der Waals surface area contributed by atoms with Crippen LogP contribution in [0.15, 0.2) is 70.5 Å². The van der Waals surface area contributed by atoms with Crippen molar-refractivity contribution in [1.29, 1.82) is 5.41 Å². The van der Waals surface area contributed by atoms with Crippen molar-refractivity contribution in [3.05, 3.63) is 77.4 Å². The fourth-order valence-electron chi connectivity index (χ4n) is 3.68. The molecule has 1 aliphatic rings. The van der Waals surface area contributed by atoms with E-state index in [1.54, 1.807) is 19.0 Å². The van der Waals surface area contributed by atoms with Gasteiger partial charge in [0.1, 0.15) is 11.4 Å². The predicted molar refractivity (Wildman–Crippen MR) is 130 cm³/mol. The molecular formula is C25H29N7O2. The van der Waals surface area contributed by atoms with Crippen molar-refractivity contribution in [3.8, 4) is 11.4 Å². The van der Waals surface area contributed by atoms with Gasteiger partial charge in [0, 0.05) is 38.3 Å². The van der Waals surface area contributed by atoms with Crippen molar-refractivity contribution in [2.75, 3.05) is 18.9 Å². The summed E-state index contributed by atoms with van der Waals surface area (Å²) in [6.45, 7) is 6.92. The molecule has 9 nitrogen and oxygen atoms in total. The number of carbonyl (C=O) groups is 1. The van der Waals surface area contributed by atoms with E-state index in [-0.39, 0.29) is 11.7 Å². The van der Waals surface area contributed by atoms with Crippen molar-refractivity contribution in [3.63, 3.8) is 0 Å². The Morgan fingerprint density at radius 2 is 1.82 bits per heavy atom. The van der Waals surface area contributed by atoms with E-state index >= 15 is 0 Å².